The average Bonchev–Trinajstić information content (AvgIpc) is 2.65. The van der Waals surface area contributed by atoms with Gasteiger partial charge in [0, 0.05) is 6.42 Å². The first-order chi connectivity index (χ1) is 12.9. The summed E-state index contributed by atoms with van der Waals surface area (Å²) in [6, 6.07) is 4.57. The number of methoxy groups -OCH3 is 1. The van der Waals surface area contributed by atoms with Crippen molar-refractivity contribution in [2.24, 2.45) is 0 Å². The van der Waals surface area contributed by atoms with Gasteiger partial charge in [0.1, 0.15) is 5.78 Å². The minimum atomic E-state index is -0.738. The molecule has 1 aromatic heterocycles. The lowest BCUT2D eigenvalue weighted by Crippen LogP contribution is -2.30. The first kappa shape index (κ1) is 19.6. The van der Waals surface area contributed by atoms with Crippen molar-refractivity contribution in [3.63, 3.8) is 0 Å². The van der Waals surface area contributed by atoms with Crippen molar-refractivity contribution in [1.29, 1.82) is 0 Å². The Kier molecular flexibility index (Phi) is 5.96. The summed E-state index contributed by atoms with van der Waals surface area (Å²) in [6.07, 6.45) is 2.40. The molecule has 1 saturated carbocycles. The quantitative estimate of drug-likeness (QED) is 0.617. The van der Waals surface area contributed by atoms with E-state index in [1.807, 2.05) is 0 Å². The van der Waals surface area contributed by atoms with Crippen molar-refractivity contribution in [1.82, 2.24) is 9.55 Å². The Balaban J connectivity index is 2.10. The number of fused-ring (bicyclic) bond motifs is 1. The minimum Gasteiger partial charge on any atom is -0.465 e. The van der Waals surface area contributed by atoms with Crippen molar-refractivity contribution in [3.8, 4) is 0 Å². The number of benzene rings is 1. The standard InChI is InChI=1S/C19H22N2O5S/c1-11(22)10-21-17(24)13-8-7-12(18(25)26-2)9-14(13)20-19(21)27-16-6-4-3-5-15(16)23/h7-9,11,16,22H,3-6,10H2,1-2H3/t11-,16+/m1/s1. The molecule has 0 saturated heterocycles. The lowest BCUT2D eigenvalue weighted by atomic mass is 9.99. The summed E-state index contributed by atoms with van der Waals surface area (Å²) in [6.45, 7) is 1.68. The summed E-state index contributed by atoms with van der Waals surface area (Å²) >= 11 is 1.27. The fraction of sp³-hybridized carbons (Fsp3) is 0.474. The Morgan fingerprint density at radius 2 is 2.19 bits per heavy atom. The number of nitrogens with zero attached hydrogens (tertiary/aromatic N) is 2. The van der Waals surface area contributed by atoms with E-state index < -0.39 is 12.1 Å². The van der Waals surface area contributed by atoms with Crippen molar-refractivity contribution < 1.29 is 19.4 Å². The summed E-state index contributed by atoms with van der Waals surface area (Å²) in [7, 11) is 1.29. The van der Waals surface area contributed by atoms with Crippen LogP contribution in [0, 0.1) is 0 Å². The Morgan fingerprint density at radius 3 is 2.85 bits per heavy atom. The van der Waals surface area contributed by atoms with Crippen LogP contribution in [0.2, 0.25) is 0 Å². The lowest BCUT2D eigenvalue weighted by molar-refractivity contribution is -0.119. The number of aromatic nitrogens is 2. The van der Waals surface area contributed by atoms with Crippen LogP contribution < -0.4 is 5.56 Å². The smallest absolute Gasteiger partial charge is 0.337 e. The summed E-state index contributed by atoms with van der Waals surface area (Å²) < 4.78 is 6.14. The molecule has 1 aromatic carbocycles. The number of hydrogen-bond donors (Lipinski definition) is 1. The first-order valence-electron chi connectivity index (χ1n) is 8.91. The lowest BCUT2D eigenvalue weighted by Gasteiger charge is -2.21. The topological polar surface area (TPSA) is 98.5 Å². The van der Waals surface area contributed by atoms with Crippen LogP contribution in [0.1, 0.15) is 43.0 Å². The van der Waals surface area contributed by atoms with Gasteiger partial charge in [-0.25, -0.2) is 9.78 Å². The molecule has 7 nitrogen and oxygen atoms in total. The molecular weight excluding hydrogens is 368 g/mol. The Bertz CT molecular complexity index is 938. The molecule has 3 rings (SSSR count). The number of carbonyl (C=O) groups is 2. The molecule has 1 N–H and O–H groups in total. The zero-order chi connectivity index (χ0) is 19.6. The van der Waals surface area contributed by atoms with Crippen molar-refractivity contribution in [2.75, 3.05) is 7.11 Å². The van der Waals surface area contributed by atoms with Crippen LogP contribution in [0.3, 0.4) is 0 Å². The summed E-state index contributed by atoms with van der Waals surface area (Å²) in [5.41, 5.74) is 0.369. The molecule has 2 atom stereocenters. The number of ketones is 1. The second-order valence-corrected chi connectivity index (χ2v) is 7.87. The molecule has 1 heterocycles. The van der Waals surface area contributed by atoms with Crippen LogP contribution in [0.5, 0.6) is 0 Å². The fourth-order valence-corrected chi connectivity index (χ4v) is 4.39. The predicted octanol–water partition coefficient (Wildman–Crippen LogP) is 2.17. The van der Waals surface area contributed by atoms with E-state index >= 15 is 0 Å². The third kappa shape index (κ3) is 4.22. The number of hydrogen-bond acceptors (Lipinski definition) is 7. The zero-order valence-electron chi connectivity index (χ0n) is 15.3. The van der Waals surface area contributed by atoms with Gasteiger partial charge < -0.3 is 9.84 Å². The second-order valence-electron chi connectivity index (χ2n) is 6.70. The van der Waals surface area contributed by atoms with E-state index in [1.54, 1.807) is 6.92 Å². The van der Waals surface area contributed by atoms with Gasteiger partial charge in [-0.15, -0.1) is 0 Å². The maximum Gasteiger partial charge on any atom is 0.337 e. The zero-order valence-corrected chi connectivity index (χ0v) is 16.1. The molecule has 1 fully saturated rings. The number of rotatable bonds is 5. The van der Waals surface area contributed by atoms with Crippen LogP contribution in [-0.2, 0) is 16.1 Å². The van der Waals surface area contributed by atoms with E-state index in [9.17, 15) is 19.5 Å². The molecule has 2 aromatic rings. The second kappa shape index (κ2) is 8.22. The number of carbonyl (C=O) groups excluding carboxylic acids is 2. The average molecular weight is 390 g/mol. The number of ether oxygens (including phenoxy) is 1. The minimum absolute atomic E-state index is 0.0871. The number of Topliss-reactive ketones (excluding diaryl/α,β-unsaturated/α-hetero) is 1. The van der Waals surface area contributed by atoms with Crippen molar-refractivity contribution in [3.05, 3.63) is 34.1 Å². The van der Waals surface area contributed by atoms with Gasteiger partial charge in [-0.05, 0) is 38.0 Å². The number of esters is 1. The van der Waals surface area contributed by atoms with Crippen molar-refractivity contribution >= 4 is 34.4 Å². The van der Waals surface area contributed by atoms with Crippen LogP contribution in [0.4, 0.5) is 0 Å². The summed E-state index contributed by atoms with van der Waals surface area (Å²) in [5, 5.41) is 10.3. The monoisotopic (exact) mass is 390 g/mol. The van der Waals surface area contributed by atoms with Gasteiger partial charge in [-0.3, -0.25) is 14.2 Å². The molecule has 0 aliphatic heterocycles. The fourth-order valence-electron chi connectivity index (χ4n) is 3.16. The molecule has 1 aliphatic rings. The first-order valence-corrected chi connectivity index (χ1v) is 9.79. The molecule has 8 heteroatoms. The van der Waals surface area contributed by atoms with Gasteiger partial charge in [0.25, 0.3) is 5.56 Å². The van der Waals surface area contributed by atoms with E-state index in [4.69, 9.17) is 4.74 Å². The predicted molar refractivity (Wildman–Crippen MR) is 102 cm³/mol. The highest BCUT2D eigenvalue weighted by Crippen LogP contribution is 2.31. The van der Waals surface area contributed by atoms with Gasteiger partial charge in [0.15, 0.2) is 5.16 Å². The molecule has 1 aliphatic carbocycles. The van der Waals surface area contributed by atoms with E-state index in [2.05, 4.69) is 4.98 Å². The number of aliphatic hydroxyl groups is 1. The maximum absolute atomic E-state index is 13.0. The largest absolute Gasteiger partial charge is 0.465 e. The van der Waals surface area contributed by atoms with E-state index in [0.29, 0.717) is 28.0 Å². The highest BCUT2D eigenvalue weighted by molar-refractivity contribution is 8.00. The van der Waals surface area contributed by atoms with E-state index in [1.165, 1.54) is 41.6 Å². The highest BCUT2D eigenvalue weighted by atomic mass is 32.2. The number of thioether (sulfide) groups is 1. The highest BCUT2D eigenvalue weighted by Gasteiger charge is 2.26. The Hall–Kier alpha value is -2.19. The third-order valence-electron chi connectivity index (χ3n) is 4.53. The molecule has 0 spiro atoms. The van der Waals surface area contributed by atoms with Gasteiger partial charge in [-0.1, -0.05) is 18.2 Å². The van der Waals surface area contributed by atoms with Crippen molar-refractivity contribution in [2.45, 2.75) is 55.7 Å². The van der Waals surface area contributed by atoms with Crippen LogP contribution in [-0.4, -0.2) is 44.9 Å². The Morgan fingerprint density at radius 1 is 1.41 bits per heavy atom. The maximum atomic E-state index is 13.0. The van der Waals surface area contributed by atoms with E-state index in [0.717, 1.165) is 19.3 Å². The van der Waals surface area contributed by atoms with Gasteiger partial charge >= 0.3 is 5.97 Å². The van der Waals surface area contributed by atoms with Gasteiger partial charge in [-0.2, -0.15) is 0 Å². The number of aliphatic hydroxyl groups excluding tert-OH is 1. The molecule has 27 heavy (non-hydrogen) atoms. The Labute approximate surface area is 160 Å². The molecular formula is C19H22N2O5S. The molecule has 0 bridgehead atoms. The SMILES string of the molecule is COC(=O)c1ccc2c(=O)n(C[C@@H](C)O)c(S[C@H]3CCCCC3=O)nc2c1. The molecule has 0 unspecified atom stereocenters. The van der Waals surface area contributed by atoms with Crippen LogP contribution in [0.15, 0.2) is 28.2 Å². The van der Waals surface area contributed by atoms with Crippen LogP contribution in [0.25, 0.3) is 10.9 Å². The van der Waals surface area contributed by atoms with E-state index in [-0.39, 0.29) is 23.1 Å². The van der Waals surface area contributed by atoms with Gasteiger partial charge in [0.2, 0.25) is 0 Å². The molecule has 0 radical (unpaired) electrons. The van der Waals surface area contributed by atoms with Gasteiger partial charge in [0.05, 0.1) is 41.5 Å². The normalized spacial score (nSPS) is 18.5. The summed E-state index contributed by atoms with van der Waals surface area (Å²) in [4.78, 5) is 41.5. The summed E-state index contributed by atoms with van der Waals surface area (Å²) in [5.74, 6) is -0.351. The van der Waals surface area contributed by atoms with Crippen LogP contribution >= 0.6 is 11.8 Å². The third-order valence-corrected chi connectivity index (χ3v) is 5.84. The molecule has 144 valence electrons. The molecule has 0 amide bonds.